The van der Waals surface area contributed by atoms with Crippen LogP contribution in [0.3, 0.4) is 0 Å². The van der Waals surface area contributed by atoms with Crippen molar-refractivity contribution in [1.29, 1.82) is 0 Å². The number of hydrogen-bond donors (Lipinski definition) is 0. The monoisotopic (exact) mass is 339 g/mol. The molecule has 24 heavy (non-hydrogen) atoms. The second kappa shape index (κ2) is 5.26. The first-order valence-corrected chi connectivity index (χ1v) is 11.1. The van der Waals surface area contributed by atoms with E-state index in [0.29, 0.717) is 0 Å². The maximum atomic E-state index is 2.59. The Morgan fingerprint density at radius 2 is 1.21 bits per heavy atom. The van der Waals surface area contributed by atoms with Crippen LogP contribution in [0.4, 0.5) is 0 Å². The van der Waals surface area contributed by atoms with E-state index in [1.807, 2.05) is 0 Å². The molecule has 4 heterocycles. The number of nitrogens with zero attached hydrogens (tertiary/aromatic N) is 3. The normalized spacial score (nSPS) is 20.5. The van der Waals surface area contributed by atoms with Crippen molar-refractivity contribution < 1.29 is 0 Å². The average molecular weight is 339 g/mol. The quantitative estimate of drug-likeness (QED) is 0.652. The van der Waals surface area contributed by atoms with E-state index in [-0.39, 0.29) is 0 Å². The molecule has 0 radical (unpaired) electrons. The zero-order valence-electron chi connectivity index (χ0n) is 14.8. The first kappa shape index (κ1) is 15.5. The molecule has 0 aliphatic carbocycles. The van der Waals surface area contributed by atoms with Gasteiger partial charge in [0.15, 0.2) is 0 Å². The van der Waals surface area contributed by atoms with E-state index >= 15 is 0 Å². The molecule has 0 spiro atoms. The van der Waals surface area contributed by atoms with E-state index < -0.39 is 6.60 Å². The fraction of sp³-hybridized carbons (Fsp3) is 0.300. The first-order valence-electron chi connectivity index (χ1n) is 8.64. The zero-order chi connectivity index (χ0) is 16.8. The maximum absolute atomic E-state index is 2.64. The molecule has 126 valence electrons. The molecule has 0 aromatic carbocycles. The van der Waals surface area contributed by atoms with Gasteiger partial charge in [0.25, 0.3) is 0 Å². The van der Waals surface area contributed by atoms with Crippen molar-refractivity contribution in [3.8, 4) is 0 Å². The SMILES string of the molecule is Cn1cccc1P1(c2cccn2C)(c2cccn2C)C=CCCC1. The number of hydrogen-bond acceptors (Lipinski definition) is 0. The van der Waals surface area contributed by atoms with Crippen LogP contribution in [-0.4, -0.2) is 19.9 Å². The third-order valence-corrected chi connectivity index (χ3v) is 12.4. The van der Waals surface area contributed by atoms with E-state index in [1.54, 1.807) is 0 Å². The molecular weight excluding hydrogens is 313 g/mol. The van der Waals surface area contributed by atoms with Crippen molar-refractivity contribution in [3.63, 3.8) is 0 Å². The van der Waals surface area contributed by atoms with Crippen LogP contribution in [0.5, 0.6) is 0 Å². The van der Waals surface area contributed by atoms with Crippen LogP contribution < -0.4 is 16.3 Å². The second-order valence-corrected chi connectivity index (χ2v) is 11.9. The average Bonchev–Trinajstić information content (AvgIpc) is 3.30. The molecule has 0 saturated carbocycles. The van der Waals surface area contributed by atoms with Gasteiger partial charge in [-0.15, -0.1) is 0 Å². The Labute approximate surface area is 144 Å². The van der Waals surface area contributed by atoms with Crippen LogP contribution in [0.1, 0.15) is 12.8 Å². The summed E-state index contributed by atoms with van der Waals surface area (Å²) in [6.45, 7) is -2.64. The van der Waals surface area contributed by atoms with E-state index in [4.69, 9.17) is 0 Å². The van der Waals surface area contributed by atoms with Gasteiger partial charge in [0, 0.05) is 0 Å². The van der Waals surface area contributed by atoms with Gasteiger partial charge in [0.05, 0.1) is 0 Å². The van der Waals surface area contributed by atoms with E-state index in [1.165, 1.54) is 35.3 Å². The van der Waals surface area contributed by atoms with Crippen molar-refractivity contribution in [2.45, 2.75) is 12.8 Å². The van der Waals surface area contributed by atoms with E-state index in [0.717, 1.165) is 0 Å². The molecule has 4 rings (SSSR count). The van der Waals surface area contributed by atoms with Gasteiger partial charge < -0.3 is 0 Å². The zero-order valence-corrected chi connectivity index (χ0v) is 15.7. The van der Waals surface area contributed by atoms with Crippen LogP contribution in [-0.2, 0) is 21.1 Å². The molecule has 0 N–H and O–H groups in total. The molecule has 3 nitrogen and oxygen atoms in total. The van der Waals surface area contributed by atoms with Crippen molar-refractivity contribution in [3.05, 3.63) is 66.9 Å². The van der Waals surface area contributed by atoms with Crippen LogP contribution in [0.15, 0.2) is 66.9 Å². The molecule has 1 aliphatic heterocycles. The van der Waals surface area contributed by atoms with Gasteiger partial charge in [-0.25, -0.2) is 0 Å². The Morgan fingerprint density at radius 1 is 0.750 bits per heavy atom. The topological polar surface area (TPSA) is 14.8 Å². The minimum absolute atomic E-state index is 1.18. The summed E-state index contributed by atoms with van der Waals surface area (Å²) in [5, 5.41) is 0. The number of aromatic nitrogens is 3. The van der Waals surface area contributed by atoms with Gasteiger partial charge in [-0.3, -0.25) is 0 Å². The Hall–Kier alpha value is -1.99. The van der Waals surface area contributed by atoms with Gasteiger partial charge in [0.2, 0.25) is 0 Å². The molecule has 0 unspecified atom stereocenters. The molecule has 3 aromatic heterocycles. The Balaban J connectivity index is 2.23. The Morgan fingerprint density at radius 3 is 1.50 bits per heavy atom. The second-order valence-electron chi connectivity index (χ2n) is 7.06. The van der Waals surface area contributed by atoms with Crippen LogP contribution in [0, 0.1) is 0 Å². The summed E-state index contributed by atoms with van der Waals surface area (Å²) in [6, 6.07) is 13.6. The van der Waals surface area contributed by atoms with Crippen molar-refractivity contribution in [1.82, 2.24) is 13.7 Å². The van der Waals surface area contributed by atoms with E-state index in [9.17, 15) is 0 Å². The molecule has 4 heteroatoms. The predicted molar refractivity (Wildman–Crippen MR) is 105 cm³/mol. The summed E-state index contributed by atoms with van der Waals surface area (Å²) in [5.74, 6) is 2.59. The van der Waals surface area contributed by atoms with Crippen LogP contribution in [0.2, 0.25) is 0 Å². The van der Waals surface area contributed by atoms with Gasteiger partial charge >= 0.3 is 144 Å². The van der Waals surface area contributed by atoms with Crippen LogP contribution >= 0.6 is 6.60 Å². The number of allylic oxidation sites excluding steroid dienone is 1. The van der Waals surface area contributed by atoms with Gasteiger partial charge in [-0.05, 0) is 0 Å². The molecular formula is C20H26N3P. The molecule has 0 amide bonds. The fourth-order valence-corrected chi connectivity index (χ4v) is 11.9. The summed E-state index contributed by atoms with van der Waals surface area (Å²) in [6.07, 6.45) is 12.6. The molecule has 0 atom stereocenters. The molecule has 0 saturated heterocycles. The number of rotatable bonds is 3. The summed E-state index contributed by atoms with van der Waals surface area (Å²) in [4.78, 5) is 0. The summed E-state index contributed by atoms with van der Waals surface area (Å²) in [7, 11) is 6.58. The fourth-order valence-electron chi connectivity index (χ4n) is 4.79. The summed E-state index contributed by atoms with van der Waals surface area (Å²) < 4.78 is 7.02. The van der Waals surface area contributed by atoms with Gasteiger partial charge in [-0.2, -0.15) is 0 Å². The molecule has 0 fully saturated rings. The first-order chi connectivity index (χ1) is 11.6. The summed E-state index contributed by atoms with van der Waals surface area (Å²) >= 11 is 0. The van der Waals surface area contributed by atoms with E-state index in [2.05, 4.69) is 102 Å². The Bertz CT molecular complexity index is 808. The Kier molecular flexibility index (Phi) is 3.40. The van der Waals surface area contributed by atoms with Gasteiger partial charge in [0.1, 0.15) is 0 Å². The predicted octanol–water partition coefficient (Wildman–Crippen LogP) is 2.84. The number of aryl methyl sites for hydroxylation is 3. The standard InChI is InChI=1S/C20H26N3P/c1-21-13-7-10-18(21)24(16-5-4-6-17-24,19-11-8-14-22(19)2)20-12-9-15-23(20)3/h5,7-16H,4,6,17H2,1-3H3. The third kappa shape index (κ3) is 1.76. The third-order valence-electron chi connectivity index (χ3n) is 5.75. The molecule has 3 aromatic rings. The van der Waals surface area contributed by atoms with Crippen molar-refractivity contribution >= 4 is 22.9 Å². The summed E-state index contributed by atoms with van der Waals surface area (Å²) in [5.41, 5.74) is 4.38. The minimum atomic E-state index is -2.64. The molecule has 1 aliphatic rings. The van der Waals surface area contributed by atoms with Gasteiger partial charge in [-0.1, -0.05) is 0 Å². The van der Waals surface area contributed by atoms with Crippen LogP contribution in [0.25, 0.3) is 0 Å². The van der Waals surface area contributed by atoms with Crippen molar-refractivity contribution in [2.75, 3.05) is 6.16 Å². The molecule has 0 bridgehead atoms. The van der Waals surface area contributed by atoms with Crippen molar-refractivity contribution in [2.24, 2.45) is 21.1 Å².